The van der Waals surface area contributed by atoms with Gasteiger partial charge in [-0.25, -0.2) is 4.79 Å². The lowest BCUT2D eigenvalue weighted by molar-refractivity contribution is -0.124. The summed E-state index contributed by atoms with van der Waals surface area (Å²) in [6, 6.07) is 13.6. The second-order valence-electron chi connectivity index (χ2n) is 5.84. The molecule has 3 rings (SSSR count). The third-order valence-electron chi connectivity index (χ3n) is 3.93. The van der Waals surface area contributed by atoms with Crippen LogP contribution >= 0.6 is 0 Å². The molecular formula is C20H18N2O5. The van der Waals surface area contributed by atoms with Gasteiger partial charge in [-0.1, -0.05) is 6.07 Å². The van der Waals surface area contributed by atoms with Crippen molar-refractivity contribution in [3.63, 3.8) is 0 Å². The summed E-state index contributed by atoms with van der Waals surface area (Å²) in [5, 5.41) is 11.4. The number of esters is 1. The number of hydrogen-bond acceptors (Lipinski definition) is 6. The highest BCUT2D eigenvalue weighted by Gasteiger charge is 2.12. The van der Waals surface area contributed by atoms with E-state index in [9.17, 15) is 9.59 Å². The lowest BCUT2D eigenvalue weighted by Gasteiger charge is -2.18. The molecule has 0 unspecified atom stereocenters. The maximum Gasteiger partial charge on any atom is 0.338 e. The molecule has 1 heterocycles. The van der Waals surface area contributed by atoms with Gasteiger partial charge in [0.1, 0.15) is 13.2 Å². The van der Waals surface area contributed by atoms with Crippen molar-refractivity contribution in [3.8, 4) is 17.6 Å². The van der Waals surface area contributed by atoms with Gasteiger partial charge in [0, 0.05) is 6.54 Å². The normalized spacial score (nSPS) is 12.0. The number of nitriles is 1. The summed E-state index contributed by atoms with van der Waals surface area (Å²) in [5.41, 5.74) is 1.75. The van der Waals surface area contributed by atoms with E-state index in [0.717, 1.165) is 11.3 Å². The molecule has 0 aromatic heterocycles. The van der Waals surface area contributed by atoms with E-state index < -0.39 is 5.97 Å². The van der Waals surface area contributed by atoms with E-state index in [1.165, 1.54) is 24.3 Å². The fourth-order valence-corrected chi connectivity index (χ4v) is 2.54. The largest absolute Gasteiger partial charge is 0.486 e. The van der Waals surface area contributed by atoms with Gasteiger partial charge in [0.15, 0.2) is 18.1 Å². The van der Waals surface area contributed by atoms with Crippen LogP contribution in [0.1, 0.15) is 21.5 Å². The molecule has 0 radical (unpaired) electrons. The summed E-state index contributed by atoms with van der Waals surface area (Å²) in [4.78, 5) is 23.7. The van der Waals surface area contributed by atoms with E-state index in [1.807, 2.05) is 24.3 Å². The van der Waals surface area contributed by atoms with Gasteiger partial charge >= 0.3 is 5.97 Å². The molecule has 2 aromatic carbocycles. The Morgan fingerprint density at radius 3 is 2.56 bits per heavy atom. The van der Waals surface area contributed by atoms with Gasteiger partial charge in [-0.3, -0.25) is 4.79 Å². The van der Waals surface area contributed by atoms with E-state index in [2.05, 4.69) is 5.32 Å². The van der Waals surface area contributed by atoms with E-state index in [-0.39, 0.29) is 18.1 Å². The molecule has 0 saturated heterocycles. The topological polar surface area (TPSA) is 97.7 Å². The van der Waals surface area contributed by atoms with Gasteiger partial charge in [0.25, 0.3) is 5.91 Å². The van der Waals surface area contributed by atoms with Crippen LogP contribution in [0.3, 0.4) is 0 Å². The van der Waals surface area contributed by atoms with Crippen LogP contribution in [0.5, 0.6) is 11.5 Å². The quantitative estimate of drug-likeness (QED) is 0.784. The number of nitrogens with one attached hydrogen (secondary N) is 1. The summed E-state index contributed by atoms with van der Waals surface area (Å²) in [5.74, 6) is 0.446. The Labute approximate surface area is 156 Å². The van der Waals surface area contributed by atoms with E-state index >= 15 is 0 Å². The monoisotopic (exact) mass is 366 g/mol. The van der Waals surface area contributed by atoms with Gasteiger partial charge < -0.3 is 19.5 Å². The SMILES string of the molecule is N#Cc1ccc(C(=O)OCC(=O)NCCc2ccc3c(c2)OCCO3)cc1. The summed E-state index contributed by atoms with van der Waals surface area (Å²) in [6.45, 7) is 1.12. The van der Waals surface area contributed by atoms with Gasteiger partial charge in [-0.05, 0) is 48.4 Å². The van der Waals surface area contributed by atoms with Crippen LogP contribution in [0.25, 0.3) is 0 Å². The zero-order valence-electron chi connectivity index (χ0n) is 14.6. The standard InChI is InChI=1S/C20H18N2O5/c21-12-15-1-4-16(5-2-15)20(24)27-13-19(23)22-8-7-14-3-6-17-18(11-14)26-10-9-25-17/h1-6,11H,7-10,13H2,(H,22,23). The number of amides is 1. The predicted octanol–water partition coefficient (Wildman–Crippen LogP) is 1.85. The van der Waals surface area contributed by atoms with Crippen LogP contribution in [0.2, 0.25) is 0 Å². The second kappa shape index (κ2) is 8.72. The molecule has 2 aromatic rings. The molecule has 1 aliphatic heterocycles. The molecule has 7 nitrogen and oxygen atoms in total. The lowest BCUT2D eigenvalue weighted by Crippen LogP contribution is -2.30. The van der Waals surface area contributed by atoms with Crippen LogP contribution in [-0.2, 0) is 16.0 Å². The third-order valence-corrected chi connectivity index (χ3v) is 3.93. The van der Waals surface area contributed by atoms with Crippen molar-refractivity contribution in [1.82, 2.24) is 5.32 Å². The average Bonchev–Trinajstić information content (AvgIpc) is 2.72. The Morgan fingerprint density at radius 2 is 1.81 bits per heavy atom. The smallest absolute Gasteiger partial charge is 0.338 e. The molecule has 1 amide bonds. The Hall–Kier alpha value is -3.53. The summed E-state index contributed by atoms with van der Waals surface area (Å²) < 4.78 is 16.0. The average molecular weight is 366 g/mol. The second-order valence-corrected chi connectivity index (χ2v) is 5.84. The molecule has 0 atom stereocenters. The van der Waals surface area contributed by atoms with Crippen LogP contribution in [-0.4, -0.2) is 38.2 Å². The van der Waals surface area contributed by atoms with Crippen molar-refractivity contribution >= 4 is 11.9 Å². The van der Waals surface area contributed by atoms with Crippen LogP contribution in [0.4, 0.5) is 0 Å². The number of benzene rings is 2. The van der Waals surface area contributed by atoms with Crippen LogP contribution in [0.15, 0.2) is 42.5 Å². The zero-order chi connectivity index (χ0) is 19.1. The van der Waals surface area contributed by atoms with E-state index in [4.69, 9.17) is 19.5 Å². The maximum absolute atomic E-state index is 11.9. The van der Waals surface area contributed by atoms with Crippen LogP contribution < -0.4 is 14.8 Å². The summed E-state index contributed by atoms with van der Waals surface area (Å²) in [7, 11) is 0. The first-order valence-electron chi connectivity index (χ1n) is 8.48. The Kier molecular flexibility index (Phi) is 5.90. The molecular weight excluding hydrogens is 348 g/mol. The minimum Gasteiger partial charge on any atom is -0.486 e. The number of carbonyl (C=O) groups excluding carboxylic acids is 2. The number of rotatable bonds is 6. The highest BCUT2D eigenvalue weighted by molar-refractivity contribution is 5.91. The molecule has 1 N–H and O–H groups in total. The first-order valence-corrected chi connectivity index (χ1v) is 8.48. The number of carbonyl (C=O) groups is 2. The molecule has 1 aliphatic rings. The van der Waals surface area contributed by atoms with E-state index in [1.54, 1.807) is 0 Å². The Bertz CT molecular complexity index is 871. The summed E-state index contributed by atoms with van der Waals surface area (Å²) >= 11 is 0. The molecule has 27 heavy (non-hydrogen) atoms. The molecule has 0 fully saturated rings. The number of hydrogen-bond donors (Lipinski definition) is 1. The molecule has 0 bridgehead atoms. The predicted molar refractivity (Wildman–Crippen MR) is 95.6 cm³/mol. The van der Waals surface area contributed by atoms with Gasteiger partial charge in [0.2, 0.25) is 0 Å². The first-order chi connectivity index (χ1) is 13.2. The molecule has 0 spiro atoms. The van der Waals surface area contributed by atoms with Gasteiger partial charge in [0.05, 0.1) is 17.2 Å². The summed E-state index contributed by atoms with van der Waals surface area (Å²) in [6.07, 6.45) is 0.617. The van der Waals surface area contributed by atoms with Gasteiger partial charge in [-0.2, -0.15) is 5.26 Å². The number of ether oxygens (including phenoxy) is 3. The lowest BCUT2D eigenvalue weighted by atomic mass is 10.1. The third kappa shape index (κ3) is 4.98. The highest BCUT2D eigenvalue weighted by atomic mass is 16.6. The minimum absolute atomic E-state index is 0.290. The molecule has 138 valence electrons. The number of nitrogens with zero attached hydrogens (tertiary/aromatic N) is 1. The molecule has 0 saturated carbocycles. The van der Waals surface area contributed by atoms with Crippen molar-refractivity contribution < 1.29 is 23.8 Å². The fraction of sp³-hybridized carbons (Fsp3) is 0.250. The van der Waals surface area contributed by atoms with Crippen molar-refractivity contribution in [2.75, 3.05) is 26.4 Å². The number of fused-ring (bicyclic) bond motifs is 1. The van der Waals surface area contributed by atoms with Gasteiger partial charge in [-0.15, -0.1) is 0 Å². The highest BCUT2D eigenvalue weighted by Crippen LogP contribution is 2.30. The van der Waals surface area contributed by atoms with E-state index in [0.29, 0.717) is 37.5 Å². The fourth-order valence-electron chi connectivity index (χ4n) is 2.54. The van der Waals surface area contributed by atoms with Crippen molar-refractivity contribution in [2.24, 2.45) is 0 Å². The Balaban J connectivity index is 1.40. The molecule has 7 heteroatoms. The zero-order valence-corrected chi connectivity index (χ0v) is 14.6. The van der Waals surface area contributed by atoms with Crippen LogP contribution in [0, 0.1) is 11.3 Å². The van der Waals surface area contributed by atoms with Crippen molar-refractivity contribution in [1.29, 1.82) is 5.26 Å². The molecule has 0 aliphatic carbocycles. The van der Waals surface area contributed by atoms with Crippen molar-refractivity contribution in [3.05, 3.63) is 59.2 Å². The maximum atomic E-state index is 11.9. The first kappa shape index (κ1) is 18.3. The Morgan fingerprint density at radius 1 is 1.07 bits per heavy atom. The minimum atomic E-state index is -0.610. The van der Waals surface area contributed by atoms with Crippen molar-refractivity contribution in [2.45, 2.75) is 6.42 Å².